The first-order chi connectivity index (χ1) is 13.1. The van der Waals surface area contributed by atoms with E-state index < -0.39 is 5.97 Å². The molecule has 138 valence electrons. The minimum Gasteiger partial charge on any atom is -0.465 e. The molecule has 3 rings (SSSR count). The van der Waals surface area contributed by atoms with Crippen molar-refractivity contribution in [3.05, 3.63) is 65.2 Å². The summed E-state index contributed by atoms with van der Waals surface area (Å²) in [4.78, 5) is 24.8. The van der Waals surface area contributed by atoms with Crippen molar-refractivity contribution >= 4 is 11.9 Å². The molecule has 0 saturated heterocycles. The van der Waals surface area contributed by atoms with Crippen LogP contribution in [0.2, 0.25) is 0 Å². The zero-order valence-electron chi connectivity index (χ0n) is 15.0. The molecule has 0 spiro atoms. The van der Waals surface area contributed by atoms with Gasteiger partial charge in [0.05, 0.1) is 12.7 Å². The van der Waals surface area contributed by atoms with Gasteiger partial charge in [0.1, 0.15) is 6.54 Å². The summed E-state index contributed by atoms with van der Waals surface area (Å²) in [6.07, 6.45) is 0. The third-order valence-corrected chi connectivity index (χ3v) is 3.99. The number of aromatic nitrogens is 4. The molecule has 8 nitrogen and oxygen atoms in total. The highest BCUT2D eigenvalue weighted by atomic mass is 16.5. The van der Waals surface area contributed by atoms with E-state index >= 15 is 0 Å². The molecule has 0 aliphatic rings. The maximum absolute atomic E-state index is 12.1. The van der Waals surface area contributed by atoms with E-state index in [2.05, 4.69) is 25.5 Å². The Kier molecular flexibility index (Phi) is 5.55. The lowest BCUT2D eigenvalue weighted by molar-refractivity contribution is -0.122. The number of benzene rings is 2. The van der Waals surface area contributed by atoms with Crippen molar-refractivity contribution in [2.24, 2.45) is 0 Å². The fourth-order valence-electron chi connectivity index (χ4n) is 2.50. The van der Waals surface area contributed by atoms with Gasteiger partial charge in [-0.2, -0.15) is 4.80 Å². The smallest absolute Gasteiger partial charge is 0.337 e. The second kappa shape index (κ2) is 8.22. The van der Waals surface area contributed by atoms with Crippen LogP contribution in [0.5, 0.6) is 0 Å². The molecule has 0 atom stereocenters. The number of amides is 1. The van der Waals surface area contributed by atoms with E-state index in [1.54, 1.807) is 24.3 Å². The molecule has 0 unspecified atom stereocenters. The number of hydrogen-bond acceptors (Lipinski definition) is 6. The Balaban J connectivity index is 1.56. The first-order valence-electron chi connectivity index (χ1n) is 8.34. The molecule has 0 radical (unpaired) electrons. The van der Waals surface area contributed by atoms with Crippen LogP contribution in [0, 0.1) is 6.92 Å². The third kappa shape index (κ3) is 4.55. The van der Waals surface area contributed by atoms with E-state index in [1.165, 1.54) is 11.9 Å². The van der Waals surface area contributed by atoms with Gasteiger partial charge in [-0.3, -0.25) is 4.79 Å². The van der Waals surface area contributed by atoms with Crippen molar-refractivity contribution in [1.29, 1.82) is 0 Å². The molecule has 0 aliphatic carbocycles. The van der Waals surface area contributed by atoms with Crippen molar-refractivity contribution < 1.29 is 14.3 Å². The van der Waals surface area contributed by atoms with Gasteiger partial charge in [-0.05, 0) is 35.4 Å². The van der Waals surface area contributed by atoms with Crippen LogP contribution >= 0.6 is 0 Å². The molecule has 3 aromatic rings. The van der Waals surface area contributed by atoms with Crippen LogP contribution < -0.4 is 5.32 Å². The highest BCUT2D eigenvalue weighted by molar-refractivity contribution is 5.89. The Bertz CT molecular complexity index is 950. The summed E-state index contributed by atoms with van der Waals surface area (Å²) in [6, 6.07) is 14.5. The van der Waals surface area contributed by atoms with Gasteiger partial charge in [-0.1, -0.05) is 36.4 Å². The fraction of sp³-hybridized carbons (Fsp3) is 0.211. The average Bonchev–Trinajstić information content (AvgIpc) is 3.14. The van der Waals surface area contributed by atoms with Gasteiger partial charge >= 0.3 is 5.97 Å². The molecule has 1 heterocycles. The van der Waals surface area contributed by atoms with Gasteiger partial charge in [0, 0.05) is 12.1 Å². The predicted molar refractivity (Wildman–Crippen MR) is 97.6 cm³/mol. The number of aryl methyl sites for hydroxylation is 1. The number of carbonyl (C=O) groups is 2. The van der Waals surface area contributed by atoms with E-state index in [-0.39, 0.29) is 12.5 Å². The Morgan fingerprint density at radius 1 is 1.11 bits per heavy atom. The van der Waals surface area contributed by atoms with E-state index in [0.717, 1.165) is 16.7 Å². The van der Waals surface area contributed by atoms with Gasteiger partial charge in [0.2, 0.25) is 11.7 Å². The van der Waals surface area contributed by atoms with Crippen molar-refractivity contribution in [3.63, 3.8) is 0 Å². The third-order valence-electron chi connectivity index (χ3n) is 3.99. The summed E-state index contributed by atoms with van der Waals surface area (Å²) in [7, 11) is 1.33. The Morgan fingerprint density at radius 3 is 2.56 bits per heavy atom. The van der Waals surface area contributed by atoms with Crippen molar-refractivity contribution in [1.82, 2.24) is 25.5 Å². The van der Waals surface area contributed by atoms with E-state index in [9.17, 15) is 9.59 Å². The number of ether oxygens (including phenoxy) is 1. The lowest BCUT2D eigenvalue weighted by Gasteiger charge is -2.05. The first kappa shape index (κ1) is 18.2. The van der Waals surface area contributed by atoms with Crippen LogP contribution in [0.4, 0.5) is 0 Å². The Hall–Kier alpha value is -3.55. The largest absolute Gasteiger partial charge is 0.465 e. The molecule has 0 bridgehead atoms. The summed E-state index contributed by atoms with van der Waals surface area (Å²) in [5.74, 6) is -0.146. The zero-order valence-corrected chi connectivity index (χ0v) is 15.0. The second-order valence-electron chi connectivity index (χ2n) is 5.92. The highest BCUT2D eigenvalue weighted by Gasteiger charge is 2.11. The summed E-state index contributed by atoms with van der Waals surface area (Å²) in [5.41, 5.74) is 3.25. The number of hydrogen-bond donors (Lipinski definition) is 1. The molecule has 1 amide bonds. The Labute approximate surface area is 156 Å². The number of nitrogens with zero attached hydrogens (tertiary/aromatic N) is 4. The summed E-state index contributed by atoms with van der Waals surface area (Å²) >= 11 is 0. The van der Waals surface area contributed by atoms with E-state index in [0.29, 0.717) is 17.9 Å². The standard InChI is InChI=1S/C19H19N5O3/c1-13-5-3-4-6-16(13)18-21-23-24(22-18)12-17(25)20-11-14-7-9-15(10-8-14)19(26)27-2/h3-10H,11-12H2,1-2H3,(H,20,25). The topological polar surface area (TPSA) is 99.0 Å². The minimum atomic E-state index is -0.396. The van der Waals surface area contributed by atoms with Gasteiger partial charge < -0.3 is 10.1 Å². The lowest BCUT2D eigenvalue weighted by Crippen LogP contribution is -2.28. The molecular weight excluding hydrogens is 346 g/mol. The Morgan fingerprint density at radius 2 is 1.85 bits per heavy atom. The SMILES string of the molecule is COC(=O)c1ccc(CNC(=O)Cn2nnc(-c3ccccc3C)n2)cc1. The monoisotopic (exact) mass is 365 g/mol. The molecule has 2 aromatic carbocycles. The molecule has 1 N–H and O–H groups in total. The molecule has 0 fully saturated rings. The normalized spacial score (nSPS) is 10.4. The quantitative estimate of drug-likeness (QED) is 0.668. The van der Waals surface area contributed by atoms with Crippen molar-refractivity contribution in [2.45, 2.75) is 20.0 Å². The zero-order chi connectivity index (χ0) is 19.2. The fourth-order valence-corrected chi connectivity index (χ4v) is 2.50. The van der Waals surface area contributed by atoms with Gasteiger partial charge in [0.15, 0.2) is 0 Å². The van der Waals surface area contributed by atoms with Crippen LogP contribution in [-0.2, 0) is 22.6 Å². The summed E-state index contributed by atoms with van der Waals surface area (Å²) in [6.45, 7) is 2.27. The van der Waals surface area contributed by atoms with Gasteiger partial charge in [-0.15, -0.1) is 10.2 Å². The lowest BCUT2D eigenvalue weighted by atomic mass is 10.1. The van der Waals surface area contributed by atoms with Crippen LogP contribution in [0.25, 0.3) is 11.4 Å². The van der Waals surface area contributed by atoms with Crippen LogP contribution in [-0.4, -0.2) is 39.2 Å². The summed E-state index contributed by atoms with van der Waals surface area (Å²) in [5, 5.41) is 15.0. The number of rotatable bonds is 6. The molecule has 0 saturated carbocycles. The number of tetrazole rings is 1. The molecule has 8 heteroatoms. The second-order valence-corrected chi connectivity index (χ2v) is 5.92. The van der Waals surface area contributed by atoms with Crippen molar-refractivity contribution in [2.75, 3.05) is 7.11 Å². The average molecular weight is 365 g/mol. The van der Waals surface area contributed by atoms with Gasteiger partial charge in [0.25, 0.3) is 0 Å². The molecule has 27 heavy (non-hydrogen) atoms. The van der Waals surface area contributed by atoms with E-state index in [4.69, 9.17) is 0 Å². The predicted octanol–water partition coefficient (Wildman–Crippen LogP) is 1.75. The number of esters is 1. The minimum absolute atomic E-state index is 0.0286. The van der Waals surface area contributed by atoms with Crippen LogP contribution in [0.1, 0.15) is 21.5 Å². The van der Waals surface area contributed by atoms with Crippen LogP contribution in [0.15, 0.2) is 48.5 Å². The number of methoxy groups -OCH3 is 1. The first-order valence-corrected chi connectivity index (χ1v) is 8.34. The molecule has 1 aromatic heterocycles. The van der Waals surface area contributed by atoms with E-state index in [1.807, 2.05) is 31.2 Å². The van der Waals surface area contributed by atoms with Crippen LogP contribution in [0.3, 0.4) is 0 Å². The molecule has 0 aliphatic heterocycles. The number of nitrogens with one attached hydrogen (secondary N) is 1. The maximum atomic E-state index is 12.1. The molecular formula is C19H19N5O3. The summed E-state index contributed by atoms with van der Waals surface area (Å²) < 4.78 is 4.65. The van der Waals surface area contributed by atoms with Crippen molar-refractivity contribution in [3.8, 4) is 11.4 Å². The highest BCUT2D eigenvalue weighted by Crippen LogP contribution is 2.17. The van der Waals surface area contributed by atoms with Gasteiger partial charge in [-0.25, -0.2) is 4.79 Å². The number of carbonyl (C=O) groups excluding carboxylic acids is 2. The maximum Gasteiger partial charge on any atom is 0.337 e.